The van der Waals surface area contributed by atoms with Crippen LogP contribution in [0.4, 0.5) is 0 Å². The molecule has 0 aromatic rings. The predicted molar refractivity (Wildman–Crippen MR) is 51.6 cm³/mol. The van der Waals surface area contributed by atoms with E-state index in [1.54, 1.807) is 0 Å². The number of hydrogen-bond acceptors (Lipinski definition) is 2. The Morgan fingerprint density at radius 1 is 1.31 bits per heavy atom. The van der Waals surface area contributed by atoms with Crippen LogP contribution in [0.2, 0.25) is 0 Å². The quantitative estimate of drug-likeness (QED) is 0.712. The first kappa shape index (κ1) is 9.47. The van der Waals surface area contributed by atoms with E-state index in [4.69, 9.17) is 9.84 Å². The first-order chi connectivity index (χ1) is 6.08. The van der Waals surface area contributed by atoms with Gasteiger partial charge in [0.15, 0.2) is 0 Å². The van der Waals surface area contributed by atoms with E-state index in [1.165, 1.54) is 25.7 Å². The van der Waals surface area contributed by atoms with E-state index in [1.807, 2.05) is 0 Å². The molecule has 1 atom stereocenters. The van der Waals surface area contributed by atoms with Crippen LogP contribution in [0.25, 0.3) is 0 Å². The third-order valence-electron chi connectivity index (χ3n) is 3.99. The summed E-state index contributed by atoms with van der Waals surface area (Å²) in [4.78, 5) is 0. The van der Waals surface area contributed by atoms with Gasteiger partial charge in [-0.1, -0.05) is 0 Å². The Balaban J connectivity index is 2.14. The fourth-order valence-electron chi connectivity index (χ4n) is 3.06. The topological polar surface area (TPSA) is 29.5 Å². The molecule has 2 bridgehead atoms. The van der Waals surface area contributed by atoms with Crippen LogP contribution < -0.4 is 0 Å². The minimum Gasteiger partial charge on any atom is -0.396 e. The second-order valence-corrected chi connectivity index (χ2v) is 5.11. The molecular weight excluding hydrogens is 164 g/mol. The maximum absolute atomic E-state index is 9.02. The average Bonchev–Trinajstić information content (AvgIpc) is 2.03. The first-order valence-electron chi connectivity index (χ1n) is 5.39. The monoisotopic (exact) mass is 184 g/mol. The van der Waals surface area contributed by atoms with Crippen molar-refractivity contribution in [1.29, 1.82) is 0 Å². The second kappa shape index (κ2) is 2.96. The molecular formula is C11H20O2. The first-order valence-corrected chi connectivity index (χ1v) is 5.39. The van der Waals surface area contributed by atoms with Crippen LogP contribution in [0.5, 0.6) is 0 Å². The Hall–Kier alpha value is -0.0800. The van der Waals surface area contributed by atoms with Crippen LogP contribution in [0.15, 0.2) is 0 Å². The van der Waals surface area contributed by atoms with Gasteiger partial charge in [0, 0.05) is 6.61 Å². The van der Waals surface area contributed by atoms with Crippen LogP contribution in [0, 0.1) is 5.92 Å². The molecule has 2 heterocycles. The second-order valence-electron chi connectivity index (χ2n) is 5.11. The van der Waals surface area contributed by atoms with Crippen molar-refractivity contribution < 1.29 is 9.84 Å². The van der Waals surface area contributed by atoms with Crippen LogP contribution >= 0.6 is 0 Å². The van der Waals surface area contributed by atoms with E-state index in [-0.39, 0.29) is 17.8 Å². The van der Waals surface area contributed by atoms with Crippen LogP contribution in [-0.4, -0.2) is 22.9 Å². The summed E-state index contributed by atoms with van der Waals surface area (Å²) >= 11 is 0. The minimum atomic E-state index is -0.0417. The molecule has 0 radical (unpaired) electrons. The lowest BCUT2D eigenvalue weighted by molar-refractivity contribution is -0.242. The van der Waals surface area contributed by atoms with Crippen molar-refractivity contribution in [3.63, 3.8) is 0 Å². The third kappa shape index (κ3) is 1.50. The van der Waals surface area contributed by atoms with E-state index in [2.05, 4.69) is 13.8 Å². The molecule has 1 aliphatic carbocycles. The lowest BCUT2D eigenvalue weighted by Crippen LogP contribution is -2.55. The van der Waals surface area contributed by atoms with Gasteiger partial charge in [-0.15, -0.1) is 0 Å². The number of ether oxygens (including phenoxy) is 1. The molecule has 2 heteroatoms. The number of aliphatic hydroxyl groups excluding tert-OH is 1. The SMILES string of the molecule is CC12CCC(CC1)C(C)(CCO)O2. The highest BCUT2D eigenvalue weighted by Gasteiger charge is 2.50. The molecule has 1 N–H and O–H groups in total. The van der Waals surface area contributed by atoms with Gasteiger partial charge in [0.25, 0.3) is 0 Å². The molecule has 3 aliphatic rings. The molecule has 0 amide bonds. The number of aliphatic hydroxyl groups is 1. The summed E-state index contributed by atoms with van der Waals surface area (Å²) < 4.78 is 6.14. The number of hydrogen-bond donors (Lipinski definition) is 1. The van der Waals surface area contributed by atoms with Crippen molar-refractivity contribution in [3.05, 3.63) is 0 Å². The molecule has 0 aromatic carbocycles. The van der Waals surface area contributed by atoms with E-state index in [0.29, 0.717) is 5.92 Å². The van der Waals surface area contributed by atoms with Crippen molar-refractivity contribution in [3.8, 4) is 0 Å². The van der Waals surface area contributed by atoms with E-state index in [9.17, 15) is 0 Å². The van der Waals surface area contributed by atoms with Crippen molar-refractivity contribution in [2.45, 2.75) is 57.2 Å². The zero-order valence-corrected chi connectivity index (χ0v) is 8.68. The zero-order valence-electron chi connectivity index (χ0n) is 8.68. The zero-order chi connectivity index (χ0) is 9.53. The largest absolute Gasteiger partial charge is 0.396 e. The molecule has 3 rings (SSSR count). The summed E-state index contributed by atoms with van der Waals surface area (Å²) in [6, 6.07) is 0. The van der Waals surface area contributed by atoms with Gasteiger partial charge in [0.05, 0.1) is 11.2 Å². The maximum atomic E-state index is 9.02. The van der Waals surface area contributed by atoms with Crippen molar-refractivity contribution in [2.24, 2.45) is 5.92 Å². The fraction of sp³-hybridized carbons (Fsp3) is 1.00. The lowest BCUT2D eigenvalue weighted by atomic mass is 9.67. The van der Waals surface area contributed by atoms with Gasteiger partial charge in [0.2, 0.25) is 0 Å². The summed E-state index contributed by atoms with van der Waals surface area (Å²) in [6.45, 7) is 4.64. The molecule has 3 fully saturated rings. The molecule has 2 saturated heterocycles. The Bertz CT molecular complexity index is 194. The van der Waals surface area contributed by atoms with Crippen LogP contribution in [0.3, 0.4) is 0 Å². The highest BCUT2D eigenvalue weighted by Crippen LogP contribution is 2.50. The standard InChI is InChI=1S/C11H20O2/c1-10-5-3-9(4-6-10)11(2,13-10)7-8-12/h9,12H,3-8H2,1-2H3. The van der Waals surface area contributed by atoms with E-state index < -0.39 is 0 Å². The van der Waals surface area contributed by atoms with Gasteiger partial charge in [-0.05, 0) is 51.9 Å². The van der Waals surface area contributed by atoms with Crippen molar-refractivity contribution in [2.75, 3.05) is 6.61 Å². The van der Waals surface area contributed by atoms with Crippen molar-refractivity contribution >= 4 is 0 Å². The van der Waals surface area contributed by atoms with Crippen LogP contribution in [0.1, 0.15) is 46.0 Å². The molecule has 2 nitrogen and oxygen atoms in total. The average molecular weight is 184 g/mol. The molecule has 1 unspecified atom stereocenters. The van der Waals surface area contributed by atoms with Crippen LogP contribution in [-0.2, 0) is 4.74 Å². The fourth-order valence-corrected chi connectivity index (χ4v) is 3.06. The smallest absolute Gasteiger partial charge is 0.0711 e. The summed E-state index contributed by atoms with van der Waals surface area (Å²) in [5.74, 6) is 0.682. The number of rotatable bonds is 2. The van der Waals surface area contributed by atoms with Crippen molar-refractivity contribution in [1.82, 2.24) is 0 Å². The molecule has 0 aromatic heterocycles. The Morgan fingerprint density at radius 3 is 2.38 bits per heavy atom. The summed E-state index contributed by atoms with van der Waals surface area (Å²) in [7, 11) is 0. The predicted octanol–water partition coefficient (Wildman–Crippen LogP) is 2.11. The van der Waals surface area contributed by atoms with Gasteiger partial charge in [-0.2, -0.15) is 0 Å². The normalized spacial score (nSPS) is 49.6. The summed E-state index contributed by atoms with van der Waals surface area (Å²) in [5.41, 5.74) is 0.0681. The minimum absolute atomic E-state index is 0.0417. The molecule has 76 valence electrons. The van der Waals surface area contributed by atoms with Gasteiger partial charge in [0.1, 0.15) is 0 Å². The van der Waals surface area contributed by atoms with Gasteiger partial charge in [-0.3, -0.25) is 0 Å². The summed E-state index contributed by atoms with van der Waals surface area (Å²) in [6.07, 6.45) is 5.78. The Labute approximate surface area is 80.3 Å². The Kier molecular flexibility index (Phi) is 2.16. The number of fused-ring (bicyclic) bond motifs is 3. The highest BCUT2D eigenvalue weighted by molar-refractivity contribution is 4.99. The summed E-state index contributed by atoms with van der Waals surface area (Å²) in [5, 5.41) is 9.02. The molecule has 13 heavy (non-hydrogen) atoms. The van der Waals surface area contributed by atoms with E-state index in [0.717, 1.165) is 6.42 Å². The molecule has 2 aliphatic heterocycles. The van der Waals surface area contributed by atoms with E-state index >= 15 is 0 Å². The third-order valence-corrected chi connectivity index (χ3v) is 3.99. The Morgan fingerprint density at radius 2 is 1.92 bits per heavy atom. The van der Waals surface area contributed by atoms with Gasteiger partial charge < -0.3 is 9.84 Å². The molecule has 0 spiro atoms. The highest BCUT2D eigenvalue weighted by atomic mass is 16.5. The molecule has 1 saturated carbocycles. The maximum Gasteiger partial charge on any atom is 0.0711 e. The van der Waals surface area contributed by atoms with Gasteiger partial charge >= 0.3 is 0 Å². The lowest BCUT2D eigenvalue weighted by Gasteiger charge is -2.55. The van der Waals surface area contributed by atoms with Gasteiger partial charge in [-0.25, -0.2) is 0 Å².